The first kappa shape index (κ1) is 60.5. The quantitative estimate of drug-likeness (QED) is 0.111. The second kappa shape index (κ2) is 23.8. The molecule has 0 fully saturated rings. The molecule has 108 heavy (non-hydrogen) atoms. The molecule has 0 radical (unpaired) electrons. The van der Waals surface area contributed by atoms with Gasteiger partial charge in [0.2, 0.25) is 0 Å². The predicted octanol–water partition coefficient (Wildman–Crippen LogP) is 23.4. The van der Waals surface area contributed by atoms with E-state index in [2.05, 4.69) is 408 Å². The molecule has 0 aliphatic carbocycles. The van der Waals surface area contributed by atoms with Crippen LogP contribution in [0.5, 0.6) is 0 Å². The van der Waals surface area contributed by atoms with Gasteiger partial charge in [0.1, 0.15) is 0 Å². The first-order valence-corrected chi connectivity index (χ1v) is 37.6. The molecule has 19 aromatic carbocycles. The lowest BCUT2D eigenvalue weighted by Crippen LogP contribution is -2.65. The van der Waals surface area contributed by atoms with Gasteiger partial charge >= 0.3 is 0 Å². The number of para-hydroxylation sites is 4. The number of rotatable bonds is 8. The van der Waals surface area contributed by atoms with Crippen LogP contribution in [0.3, 0.4) is 0 Å². The van der Waals surface area contributed by atoms with Crippen LogP contribution in [0.4, 0.5) is 68.2 Å². The molecule has 0 unspecified atom stereocenters. The third-order valence-corrected chi connectivity index (χ3v) is 23.7. The average molecular weight is 1370 g/mol. The van der Waals surface area contributed by atoms with Crippen LogP contribution in [0.25, 0.3) is 109 Å². The van der Waals surface area contributed by atoms with Crippen molar-refractivity contribution in [2.24, 2.45) is 0 Å². The van der Waals surface area contributed by atoms with E-state index in [9.17, 15) is 0 Å². The Hall–Kier alpha value is -13.9. The highest BCUT2D eigenvalue weighted by Gasteiger charge is 2.49. The minimum Gasteiger partial charge on any atom is -0.311 e. The van der Waals surface area contributed by atoms with Crippen molar-refractivity contribution in [3.63, 3.8) is 0 Å². The molecule has 4 aliphatic heterocycles. The Bertz CT molecular complexity index is 6800. The summed E-state index contributed by atoms with van der Waals surface area (Å²) in [6.07, 6.45) is 0. The number of hydrogen-bond acceptors (Lipinski definition) is 4. The number of fused-ring (bicyclic) bond motifs is 20. The van der Waals surface area contributed by atoms with Gasteiger partial charge in [0.25, 0.3) is 13.4 Å². The van der Waals surface area contributed by atoms with Crippen LogP contribution in [0.1, 0.15) is 0 Å². The van der Waals surface area contributed by atoms with Crippen molar-refractivity contribution in [2.45, 2.75) is 0 Å². The van der Waals surface area contributed by atoms with Gasteiger partial charge in [-0.3, -0.25) is 0 Å². The first-order valence-electron chi connectivity index (χ1n) is 37.6. The normalized spacial score (nSPS) is 13.1. The Morgan fingerprint density at radius 1 is 0.157 bits per heavy atom. The summed E-state index contributed by atoms with van der Waals surface area (Å²) >= 11 is 0. The standard InChI is InChI=1S/C102H64B2N4/c1-5-29-65(30-6-1)71-45-25-46-72(66-31-7-2-8-32-66)101(71)107-92-52-24-22-50-88(92)104-89-63-90-98(64-97(89)106(94-54-28-55-95(107)100(94)104)70-58-60-84-80-42-16-14-38-76(80)78-40-18-20-44-82(78)86(84)62-70)108(102-73(67-33-9-3-10-34-67)47-26-48-74(102)68-35-11-4-12-36-68)96-56-27-53-93-99(96)103(90)87-49-21-23-51-91(87)105(93)69-57-59-83-79-41-15-13-37-75(79)77-39-17-19-43-81(77)85(83)61-69/h1-64H. The predicted molar refractivity (Wildman–Crippen MR) is 461 cm³/mol. The second-order valence-electron chi connectivity index (χ2n) is 29.2. The van der Waals surface area contributed by atoms with E-state index in [1.807, 2.05) is 0 Å². The van der Waals surface area contributed by atoms with Gasteiger partial charge in [-0.25, -0.2) is 0 Å². The van der Waals surface area contributed by atoms with Crippen LogP contribution in [0.2, 0.25) is 0 Å². The molecular formula is C102H64B2N4. The lowest BCUT2D eigenvalue weighted by molar-refractivity contribution is 1.24. The van der Waals surface area contributed by atoms with Crippen molar-refractivity contribution in [1.82, 2.24) is 0 Å². The van der Waals surface area contributed by atoms with Crippen molar-refractivity contribution in [3.05, 3.63) is 388 Å². The highest BCUT2D eigenvalue weighted by atomic mass is 15.2. The zero-order valence-corrected chi connectivity index (χ0v) is 58.9. The van der Waals surface area contributed by atoms with E-state index < -0.39 is 0 Å². The molecule has 0 saturated carbocycles. The van der Waals surface area contributed by atoms with Gasteiger partial charge < -0.3 is 19.6 Å². The Morgan fingerprint density at radius 3 is 0.787 bits per heavy atom. The zero-order chi connectivity index (χ0) is 70.7. The van der Waals surface area contributed by atoms with E-state index in [1.54, 1.807) is 0 Å². The smallest absolute Gasteiger partial charge is 0.252 e. The fraction of sp³-hybridized carbons (Fsp3) is 0. The second-order valence-corrected chi connectivity index (χ2v) is 29.2. The molecule has 23 rings (SSSR count). The van der Waals surface area contributed by atoms with Crippen molar-refractivity contribution < 1.29 is 0 Å². The summed E-state index contributed by atoms with van der Waals surface area (Å²) in [5.74, 6) is 0. The number of nitrogens with zero attached hydrogens (tertiary/aromatic N) is 4. The number of anilines is 12. The molecule has 4 heterocycles. The summed E-state index contributed by atoms with van der Waals surface area (Å²) in [7, 11) is 0. The number of hydrogen-bond donors (Lipinski definition) is 0. The van der Waals surface area contributed by atoms with E-state index in [-0.39, 0.29) is 13.4 Å². The molecule has 4 nitrogen and oxygen atoms in total. The highest BCUT2D eigenvalue weighted by Crippen LogP contribution is 2.55. The maximum absolute atomic E-state index is 2.69. The third kappa shape index (κ3) is 8.83. The molecule has 498 valence electrons. The van der Waals surface area contributed by atoms with Gasteiger partial charge in [-0.05, 0) is 186 Å². The van der Waals surface area contributed by atoms with Crippen molar-refractivity contribution >= 4 is 179 Å². The fourth-order valence-corrected chi connectivity index (χ4v) is 19.3. The molecule has 4 aliphatic rings. The maximum Gasteiger partial charge on any atom is 0.252 e. The maximum atomic E-state index is 2.69. The van der Waals surface area contributed by atoms with Gasteiger partial charge in [-0.2, -0.15) is 0 Å². The van der Waals surface area contributed by atoms with E-state index in [0.717, 1.165) is 107 Å². The van der Waals surface area contributed by atoms with Crippen LogP contribution < -0.4 is 52.4 Å². The van der Waals surface area contributed by atoms with Crippen LogP contribution in [-0.4, -0.2) is 13.4 Å². The van der Waals surface area contributed by atoms with Gasteiger partial charge in [0, 0.05) is 79.1 Å². The molecular weight excluding hydrogens is 1300 g/mol. The molecule has 6 heteroatoms. The van der Waals surface area contributed by atoms with E-state index >= 15 is 0 Å². The summed E-state index contributed by atoms with van der Waals surface area (Å²) in [5.41, 5.74) is 30.4. The van der Waals surface area contributed by atoms with Gasteiger partial charge in [-0.1, -0.05) is 322 Å². The van der Waals surface area contributed by atoms with E-state index in [0.29, 0.717) is 0 Å². The molecule has 0 spiro atoms. The fourth-order valence-electron chi connectivity index (χ4n) is 19.3. The van der Waals surface area contributed by atoms with Crippen LogP contribution in [0, 0.1) is 0 Å². The summed E-state index contributed by atoms with van der Waals surface area (Å²) in [6.45, 7) is -0.420. The van der Waals surface area contributed by atoms with Crippen molar-refractivity contribution in [1.29, 1.82) is 0 Å². The Balaban J connectivity index is 0.844. The molecule has 0 aromatic heterocycles. The Morgan fingerprint density at radius 2 is 0.417 bits per heavy atom. The van der Waals surface area contributed by atoms with Crippen molar-refractivity contribution in [2.75, 3.05) is 19.6 Å². The topological polar surface area (TPSA) is 13.0 Å². The summed E-state index contributed by atoms with van der Waals surface area (Å²) in [6, 6.07) is 147. The lowest BCUT2D eigenvalue weighted by atomic mass is 9.30. The summed E-state index contributed by atoms with van der Waals surface area (Å²) < 4.78 is 0. The zero-order valence-electron chi connectivity index (χ0n) is 58.9. The minimum atomic E-state index is -0.213. The summed E-state index contributed by atoms with van der Waals surface area (Å²) in [5, 5.41) is 14.9. The molecule has 0 bridgehead atoms. The third-order valence-electron chi connectivity index (χ3n) is 23.7. The van der Waals surface area contributed by atoms with Crippen molar-refractivity contribution in [3.8, 4) is 44.5 Å². The monoisotopic (exact) mass is 1370 g/mol. The molecule has 0 saturated heterocycles. The highest BCUT2D eigenvalue weighted by molar-refractivity contribution is 7.03. The van der Waals surface area contributed by atoms with E-state index in [1.165, 1.54) is 103 Å². The van der Waals surface area contributed by atoms with Crippen LogP contribution >= 0.6 is 0 Å². The largest absolute Gasteiger partial charge is 0.311 e. The molecule has 0 atom stereocenters. The van der Waals surface area contributed by atoms with Gasteiger partial charge in [-0.15, -0.1) is 0 Å². The Kier molecular flexibility index (Phi) is 13.3. The average Bonchev–Trinajstić information content (AvgIpc) is 0.681. The lowest BCUT2D eigenvalue weighted by Gasteiger charge is -2.47. The Labute approximate surface area is 627 Å². The van der Waals surface area contributed by atoms with Crippen LogP contribution in [0.15, 0.2) is 388 Å². The summed E-state index contributed by atoms with van der Waals surface area (Å²) in [4.78, 5) is 10.5. The van der Waals surface area contributed by atoms with E-state index in [4.69, 9.17) is 0 Å². The minimum absolute atomic E-state index is 0.207. The number of benzene rings is 19. The SMILES string of the molecule is c1ccc(-c2cccc(-c3ccccc3)c2N2c3ccccc3B3c4cc5c(cc4N(c4ccc6c7ccccc7c7ccccc7c6c4)c4cccc2c43)N(c2c(-c3ccccc3)cccc2-c2ccccc2)c2cccc3c2B5c2ccccc2N3c2ccc3c4ccccc4c4ccccc4c3c2)cc1. The van der Waals surface area contributed by atoms with Gasteiger partial charge in [0.15, 0.2) is 0 Å². The molecule has 0 N–H and O–H groups in total. The molecule has 19 aromatic rings. The van der Waals surface area contributed by atoms with Gasteiger partial charge in [0.05, 0.1) is 11.4 Å². The molecule has 0 amide bonds. The van der Waals surface area contributed by atoms with Crippen LogP contribution in [-0.2, 0) is 0 Å². The first-order chi connectivity index (χ1) is 53.7.